The largest absolute Gasteiger partial charge is 0.412 e. The maximum atomic E-state index is 11.5. The SMILES string of the molecule is FC(=S)C(Cl)C(F)(F)F. The van der Waals surface area contributed by atoms with Crippen LogP contribution in [0, 0.1) is 0 Å². The Morgan fingerprint density at radius 1 is 1.44 bits per heavy atom. The van der Waals surface area contributed by atoms with Gasteiger partial charge in [0.05, 0.1) is 0 Å². The van der Waals surface area contributed by atoms with Crippen LogP contribution in [0.25, 0.3) is 0 Å². The fraction of sp³-hybridized carbons (Fsp3) is 0.667. The van der Waals surface area contributed by atoms with E-state index in [0.29, 0.717) is 0 Å². The molecule has 0 aliphatic rings. The maximum absolute atomic E-state index is 11.5. The van der Waals surface area contributed by atoms with Gasteiger partial charge in [-0.15, -0.1) is 11.6 Å². The molecule has 9 heavy (non-hydrogen) atoms. The quantitative estimate of drug-likeness (QED) is 0.259. The number of halogens is 5. The molecule has 0 heterocycles. The lowest BCUT2D eigenvalue weighted by Crippen LogP contribution is -2.27. The van der Waals surface area contributed by atoms with E-state index >= 15 is 0 Å². The minimum atomic E-state index is -4.77. The van der Waals surface area contributed by atoms with Crippen molar-refractivity contribution in [2.45, 2.75) is 11.6 Å². The average molecular weight is 181 g/mol. The first-order valence-corrected chi connectivity index (χ1v) is 2.60. The van der Waals surface area contributed by atoms with Crippen molar-refractivity contribution < 1.29 is 17.6 Å². The molecule has 0 aliphatic heterocycles. The van der Waals surface area contributed by atoms with Crippen LogP contribution in [0.2, 0.25) is 0 Å². The zero-order valence-corrected chi connectivity index (χ0v) is 5.45. The second-order valence-electron chi connectivity index (χ2n) is 1.21. The van der Waals surface area contributed by atoms with Crippen molar-refractivity contribution in [2.24, 2.45) is 0 Å². The van der Waals surface area contributed by atoms with Crippen LogP contribution in [0.15, 0.2) is 0 Å². The van der Waals surface area contributed by atoms with Crippen molar-refractivity contribution in [3.05, 3.63) is 0 Å². The van der Waals surface area contributed by atoms with Crippen molar-refractivity contribution >= 4 is 28.9 Å². The van der Waals surface area contributed by atoms with Gasteiger partial charge in [0, 0.05) is 0 Å². The van der Waals surface area contributed by atoms with Gasteiger partial charge < -0.3 is 0 Å². The Bertz CT molecular complexity index is 119. The molecule has 0 aromatic rings. The predicted octanol–water partition coefficient (Wildman–Crippen LogP) is 2.45. The molecule has 0 radical (unpaired) electrons. The van der Waals surface area contributed by atoms with Crippen LogP contribution in [0.4, 0.5) is 17.6 Å². The number of hydrogen-bond donors (Lipinski definition) is 0. The Kier molecular flexibility index (Phi) is 2.82. The summed E-state index contributed by atoms with van der Waals surface area (Å²) in [6.45, 7) is 0. The lowest BCUT2D eigenvalue weighted by atomic mass is 10.4. The molecule has 1 unspecified atom stereocenters. The molecule has 0 amide bonds. The van der Waals surface area contributed by atoms with Crippen molar-refractivity contribution in [3.63, 3.8) is 0 Å². The summed E-state index contributed by atoms with van der Waals surface area (Å²) in [5.74, 6) is 0. The zero-order valence-electron chi connectivity index (χ0n) is 3.88. The smallest absolute Gasteiger partial charge is 0.197 e. The highest BCUT2D eigenvalue weighted by Gasteiger charge is 2.41. The zero-order chi connectivity index (χ0) is 7.65. The number of rotatable bonds is 1. The van der Waals surface area contributed by atoms with E-state index in [0.717, 1.165) is 0 Å². The topological polar surface area (TPSA) is 0 Å². The molecule has 0 aromatic carbocycles. The Hall–Kier alpha value is 0.1000. The first-order chi connectivity index (χ1) is 3.85. The Morgan fingerprint density at radius 3 is 1.78 bits per heavy atom. The molecule has 0 bridgehead atoms. The van der Waals surface area contributed by atoms with Crippen LogP contribution in [-0.4, -0.2) is 16.7 Å². The molecular weight excluding hydrogens is 180 g/mol. The molecule has 0 saturated heterocycles. The normalized spacial score (nSPS) is 15.2. The summed E-state index contributed by atoms with van der Waals surface area (Å²) in [7, 11) is 0. The highest BCUT2D eigenvalue weighted by Crippen LogP contribution is 2.26. The highest BCUT2D eigenvalue weighted by molar-refractivity contribution is 7.80. The molecule has 0 N–H and O–H groups in total. The molecule has 0 aromatic heterocycles. The molecule has 0 saturated carbocycles. The van der Waals surface area contributed by atoms with Gasteiger partial charge in [-0.25, -0.2) is 0 Å². The van der Waals surface area contributed by atoms with E-state index in [-0.39, 0.29) is 0 Å². The lowest BCUT2D eigenvalue weighted by Gasteiger charge is -2.08. The Labute approximate surface area is 58.8 Å². The molecule has 6 heteroatoms. The van der Waals surface area contributed by atoms with Gasteiger partial charge in [0.25, 0.3) is 0 Å². The van der Waals surface area contributed by atoms with Gasteiger partial charge >= 0.3 is 6.18 Å². The van der Waals surface area contributed by atoms with Gasteiger partial charge in [-0.3, -0.25) is 0 Å². The van der Waals surface area contributed by atoms with E-state index in [9.17, 15) is 17.6 Å². The van der Waals surface area contributed by atoms with E-state index in [1.54, 1.807) is 0 Å². The van der Waals surface area contributed by atoms with Gasteiger partial charge in [0.1, 0.15) is 0 Å². The third-order valence-corrected chi connectivity index (χ3v) is 1.29. The summed E-state index contributed by atoms with van der Waals surface area (Å²) in [4.78, 5) is 0. The van der Waals surface area contributed by atoms with Crippen LogP contribution in [-0.2, 0) is 0 Å². The van der Waals surface area contributed by atoms with E-state index in [1.807, 2.05) is 0 Å². The summed E-state index contributed by atoms with van der Waals surface area (Å²) >= 11 is 8.00. The summed E-state index contributed by atoms with van der Waals surface area (Å²) < 4.78 is 45.2. The van der Waals surface area contributed by atoms with Crippen LogP contribution >= 0.6 is 23.8 Å². The highest BCUT2D eigenvalue weighted by atomic mass is 35.5. The van der Waals surface area contributed by atoms with Crippen molar-refractivity contribution in [1.29, 1.82) is 0 Å². The van der Waals surface area contributed by atoms with Crippen molar-refractivity contribution in [1.82, 2.24) is 0 Å². The van der Waals surface area contributed by atoms with Crippen LogP contribution in [0.5, 0.6) is 0 Å². The summed E-state index contributed by atoms with van der Waals surface area (Å²) in [6.07, 6.45) is -4.77. The molecule has 54 valence electrons. The molecular formula is C3HClF4S. The third-order valence-electron chi connectivity index (χ3n) is 0.487. The minimum absolute atomic E-state index is 1.75. The standard InChI is InChI=1S/C3HClF4S/c4-1(2(5)9)3(6,7)8/h1H. The fourth-order valence-electron chi connectivity index (χ4n) is 0.129. The van der Waals surface area contributed by atoms with E-state index in [1.165, 1.54) is 0 Å². The first-order valence-electron chi connectivity index (χ1n) is 1.76. The second-order valence-corrected chi connectivity index (χ2v) is 2.03. The monoisotopic (exact) mass is 180 g/mol. The first kappa shape index (κ1) is 9.10. The molecule has 0 rings (SSSR count). The Balaban J connectivity index is 4.04. The third kappa shape index (κ3) is 2.95. The van der Waals surface area contributed by atoms with Gasteiger partial charge in [0.2, 0.25) is 0 Å². The second kappa shape index (κ2) is 2.79. The summed E-state index contributed by atoms with van der Waals surface area (Å²) in [6, 6.07) is 0. The summed E-state index contributed by atoms with van der Waals surface area (Å²) in [5, 5.41) is -4.39. The van der Waals surface area contributed by atoms with Crippen LogP contribution in [0.3, 0.4) is 0 Å². The number of alkyl halides is 4. The number of thiocarbonyl (C=S) groups is 1. The van der Waals surface area contributed by atoms with Crippen LogP contribution in [0.1, 0.15) is 0 Å². The molecule has 0 spiro atoms. The minimum Gasteiger partial charge on any atom is -0.197 e. The van der Waals surface area contributed by atoms with E-state index in [2.05, 4.69) is 23.8 Å². The predicted molar refractivity (Wildman–Crippen MR) is 29.4 cm³/mol. The van der Waals surface area contributed by atoms with Gasteiger partial charge in [-0.05, 0) is 12.2 Å². The maximum Gasteiger partial charge on any atom is 0.412 e. The van der Waals surface area contributed by atoms with Gasteiger partial charge in [-0.2, -0.15) is 17.6 Å². The van der Waals surface area contributed by atoms with Crippen molar-refractivity contribution in [3.8, 4) is 0 Å². The number of hydrogen-bond acceptors (Lipinski definition) is 1. The molecule has 1 atom stereocenters. The van der Waals surface area contributed by atoms with Crippen LogP contribution < -0.4 is 0 Å². The average Bonchev–Trinajstić information content (AvgIpc) is 1.62. The summed E-state index contributed by atoms with van der Waals surface area (Å²) in [5.41, 5.74) is 0. The molecule has 0 aliphatic carbocycles. The lowest BCUT2D eigenvalue weighted by molar-refractivity contribution is -0.118. The molecule has 0 fully saturated rings. The molecule has 0 nitrogen and oxygen atoms in total. The van der Waals surface area contributed by atoms with E-state index in [4.69, 9.17) is 0 Å². The van der Waals surface area contributed by atoms with Gasteiger partial charge in [0.15, 0.2) is 10.5 Å². The Morgan fingerprint density at radius 2 is 1.78 bits per heavy atom. The fourth-order valence-corrected chi connectivity index (χ4v) is 0.262. The van der Waals surface area contributed by atoms with Crippen molar-refractivity contribution in [2.75, 3.05) is 0 Å². The van der Waals surface area contributed by atoms with E-state index < -0.39 is 16.7 Å². The van der Waals surface area contributed by atoms with Gasteiger partial charge in [-0.1, -0.05) is 0 Å².